The number of hydrogen-bond donors (Lipinski definition) is 8. The van der Waals surface area contributed by atoms with Gasteiger partial charge in [0.25, 0.3) is 0 Å². The first kappa shape index (κ1) is 29.9. The van der Waals surface area contributed by atoms with Gasteiger partial charge >= 0.3 is 5.97 Å². The summed E-state index contributed by atoms with van der Waals surface area (Å²) in [5.41, 5.74) is 7.08. The Morgan fingerprint density at radius 2 is 1.40 bits per heavy atom. The van der Waals surface area contributed by atoms with E-state index in [0.717, 1.165) is 0 Å². The van der Waals surface area contributed by atoms with Crippen LogP contribution in [-0.2, 0) is 43.2 Å². The third kappa shape index (κ3) is 7.78. The van der Waals surface area contributed by atoms with Gasteiger partial charge in [0.05, 0.1) is 25.5 Å². The molecule has 4 amide bonds. The van der Waals surface area contributed by atoms with Crippen LogP contribution in [0.3, 0.4) is 0 Å². The van der Waals surface area contributed by atoms with Crippen LogP contribution in [0.5, 0.6) is 0 Å². The van der Waals surface area contributed by atoms with Crippen LogP contribution in [0.4, 0.5) is 0 Å². The molecule has 0 radical (unpaired) electrons. The van der Waals surface area contributed by atoms with E-state index in [0.29, 0.717) is 29.9 Å². The highest BCUT2D eigenvalue weighted by Gasteiger charge is 2.39. The molecule has 0 bridgehead atoms. The number of imidazole rings is 3. The van der Waals surface area contributed by atoms with Gasteiger partial charge in [-0.2, -0.15) is 0 Å². The maximum absolute atomic E-state index is 13.9. The zero-order valence-electron chi connectivity index (χ0n) is 22.6. The molecular weight excluding hydrogens is 550 g/mol. The Labute approximate surface area is 239 Å². The largest absolute Gasteiger partial charge is 0.480 e. The van der Waals surface area contributed by atoms with Crippen molar-refractivity contribution < 1.29 is 29.1 Å². The minimum atomic E-state index is -1.25. The third-order valence-electron chi connectivity index (χ3n) is 6.84. The minimum Gasteiger partial charge on any atom is -0.480 e. The van der Waals surface area contributed by atoms with Crippen molar-refractivity contribution >= 4 is 29.6 Å². The number of amides is 4. The first-order valence-corrected chi connectivity index (χ1v) is 13.3. The van der Waals surface area contributed by atoms with Gasteiger partial charge in [-0.05, 0) is 12.8 Å². The summed E-state index contributed by atoms with van der Waals surface area (Å²) in [7, 11) is 0. The summed E-state index contributed by atoms with van der Waals surface area (Å²) in [4.78, 5) is 86.1. The first-order chi connectivity index (χ1) is 20.2. The predicted octanol–water partition coefficient (Wildman–Crippen LogP) is -2.63. The number of aromatic amines is 3. The van der Waals surface area contributed by atoms with E-state index in [-0.39, 0.29) is 32.4 Å². The Hall–Kier alpha value is -5.06. The van der Waals surface area contributed by atoms with Crippen molar-refractivity contribution in [1.29, 1.82) is 0 Å². The Balaban J connectivity index is 1.50. The van der Waals surface area contributed by atoms with Crippen molar-refractivity contribution in [3.05, 3.63) is 54.7 Å². The van der Waals surface area contributed by atoms with E-state index in [1.165, 1.54) is 42.5 Å². The summed E-state index contributed by atoms with van der Waals surface area (Å²) in [6, 6.07) is -4.40. The molecule has 42 heavy (non-hydrogen) atoms. The van der Waals surface area contributed by atoms with Crippen LogP contribution in [-0.4, -0.2) is 107 Å². The third-order valence-corrected chi connectivity index (χ3v) is 6.84. The molecule has 1 fully saturated rings. The van der Waals surface area contributed by atoms with Gasteiger partial charge in [-0.3, -0.25) is 19.2 Å². The van der Waals surface area contributed by atoms with Crippen LogP contribution in [0.2, 0.25) is 0 Å². The molecule has 4 heterocycles. The number of carbonyl (C=O) groups is 5. The summed E-state index contributed by atoms with van der Waals surface area (Å²) >= 11 is 0. The zero-order valence-corrected chi connectivity index (χ0v) is 22.6. The van der Waals surface area contributed by atoms with Crippen LogP contribution < -0.4 is 21.7 Å². The topological polar surface area (TPSA) is 257 Å². The molecule has 4 atom stereocenters. The number of H-pyrrole nitrogens is 3. The Morgan fingerprint density at radius 1 is 0.857 bits per heavy atom. The average Bonchev–Trinajstić information content (AvgIpc) is 3.80. The molecule has 1 aliphatic heterocycles. The molecule has 3 aromatic heterocycles. The molecule has 3 aromatic rings. The fraction of sp³-hybridized carbons (Fsp3) is 0.440. The lowest BCUT2D eigenvalue weighted by Gasteiger charge is -2.30. The number of aromatic nitrogens is 6. The standard InChI is InChI=1S/C25H33N11O6/c26-7-21(37)33-17(4-14-8-27-11-30-14)22(38)34-18(5-15-9-28-12-31-15)24(40)36-3-1-2-20(36)23(39)35-19(25(41)42)6-16-10-29-13-32-16/h8-13,17-20H,1-7,26H2,(H,27,30)(H,28,31)(H,29,32)(H,33,37)(H,34,38)(H,35,39)(H,41,42)/t17-,18-,19-,20-/m0/s1. The zero-order chi connectivity index (χ0) is 30.1. The smallest absolute Gasteiger partial charge is 0.326 e. The van der Waals surface area contributed by atoms with E-state index in [1.54, 1.807) is 0 Å². The van der Waals surface area contributed by atoms with Crippen LogP contribution in [0.15, 0.2) is 37.6 Å². The number of carbonyl (C=O) groups excluding carboxylic acids is 4. The van der Waals surface area contributed by atoms with Crippen LogP contribution in [0.1, 0.15) is 29.9 Å². The van der Waals surface area contributed by atoms with Crippen molar-refractivity contribution in [1.82, 2.24) is 50.8 Å². The van der Waals surface area contributed by atoms with Crippen LogP contribution >= 0.6 is 0 Å². The van der Waals surface area contributed by atoms with Gasteiger partial charge in [-0.15, -0.1) is 0 Å². The average molecular weight is 584 g/mol. The van der Waals surface area contributed by atoms with Crippen molar-refractivity contribution in [2.24, 2.45) is 5.73 Å². The number of aliphatic carboxylic acids is 1. The normalized spacial score (nSPS) is 16.8. The second kappa shape index (κ2) is 14.0. The Kier molecular flexibility index (Phi) is 9.99. The number of carboxylic acids is 1. The molecule has 0 saturated carbocycles. The van der Waals surface area contributed by atoms with Gasteiger partial charge in [0.15, 0.2) is 0 Å². The molecule has 1 saturated heterocycles. The summed E-state index contributed by atoms with van der Waals surface area (Å²) in [5, 5.41) is 17.5. The number of nitrogens with two attached hydrogens (primary N) is 1. The number of nitrogens with zero attached hydrogens (tertiary/aromatic N) is 4. The fourth-order valence-corrected chi connectivity index (χ4v) is 4.75. The molecule has 0 spiro atoms. The molecule has 1 aliphatic rings. The molecule has 4 rings (SSSR count). The quantitative estimate of drug-likeness (QED) is 0.0979. The van der Waals surface area contributed by atoms with E-state index in [4.69, 9.17) is 5.73 Å². The predicted molar refractivity (Wildman–Crippen MR) is 144 cm³/mol. The van der Waals surface area contributed by atoms with Crippen molar-refractivity contribution in [3.63, 3.8) is 0 Å². The molecule has 9 N–H and O–H groups in total. The number of carboxylic acid groups (broad SMARTS) is 1. The lowest BCUT2D eigenvalue weighted by molar-refractivity contribution is -0.145. The highest BCUT2D eigenvalue weighted by Crippen LogP contribution is 2.20. The number of nitrogens with one attached hydrogen (secondary N) is 6. The second-order valence-corrected chi connectivity index (χ2v) is 9.82. The minimum absolute atomic E-state index is 0.0213. The van der Waals surface area contributed by atoms with E-state index >= 15 is 0 Å². The van der Waals surface area contributed by atoms with Gasteiger partial charge in [-0.25, -0.2) is 19.7 Å². The number of rotatable bonds is 14. The molecule has 0 aliphatic carbocycles. The summed E-state index contributed by atoms with van der Waals surface area (Å²) in [6.07, 6.45) is 9.62. The first-order valence-electron chi connectivity index (χ1n) is 13.3. The summed E-state index contributed by atoms with van der Waals surface area (Å²) in [6.45, 7) is -0.114. The molecule has 0 aromatic carbocycles. The van der Waals surface area contributed by atoms with Crippen molar-refractivity contribution in [2.75, 3.05) is 13.1 Å². The van der Waals surface area contributed by atoms with Crippen LogP contribution in [0.25, 0.3) is 0 Å². The van der Waals surface area contributed by atoms with Crippen LogP contribution in [0, 0.1) is 0 Å². The second-order valence-electron chi connectivity index (χ2n) is 9.82. The molecule has 224 valence electrons. The van der Waals surface area contributed by atoms with Gasteiger partial charge < -0.3 is 46.6 Å². The maximum Gasteiger partial charge on any atom is 0.326 e. The highest BCUT2D eigenvalue weighted by molar-refractivity contribution is 5.95. The lowest BCUT2D eigenvalue weighted by Crippen LogP contribution is -2.58. The van der Waals surface area contributed by atoms with Gasteiger partial charge in [0.2, 0.25) is 23.6 Å². The lowest BCUT2D eigenvalue weighted by atomic mass is 10.1. The Bertz CT molecular complexity index is 1340. The SMILES string of the molecule is NCC(=O)N[C@@H](Cc1cnc[nH]1)C(=O)N[C@@H](Cc1cnc[nH]1)C(=O)N1CCC[C@H]1C(=O)N[C@@H](Cc1cnc[nH]1)C(=O)O. The van der Waals surface area contributed by atoms with E-state index in [9.17, 15) is 29.1 Å². The van der Waals surface area contributed by atoms with Gasteiger partial charge in [0.1, 0.15) is 24.2 Å². The molecular formula is C25H33N11O6. The van der Waals surface area contributed by atoms with Crippen molar-refractivity contribution in [3.8, 4) is 0 Å². The van der Waals surface area contributed by atoms with E-state index < -0.39 is 53.8 Å². The van der Waals surface area contributed by atoms with E-state index in [1.807, 2.05) is 0 Å². The highest BCUT2D eigenvalue weighted by atomic mass is 16.4. The Morgan fingerprint density at radius 3 is 1.90 bits per heavy atom. The molecule has 17 heteroatoms. The maximum atomic E-state index is 13.9. The monoisotopic (exact) mass is 583 g/mol. The van der Waals surface area contributed by atoms with Gasteiger partial charge in [0, 0.05) is 61.5 Å². The fourth-order valence-electron chi connectivity index (χ4n) is 4.75. The number of likely N-dealkylation sites (tertiary alicyclic amines) is 1. The summed E-state index contributed by atoms with van der Waals surface area (Å²) < 4.78 is 0. The summed E-state index contributed by atoms with van der Waals surface area (Å²) in [5.74, 6) is -3.60. The van der Waals surface area contributed by atoms with E-state index in [2.05, 4.69) is 45.9 Å². The van der Waals surface area contributed by atoms with Crippen molar-refractivity contribution in [2.45, 2.75) is 56.3 Å². The molecule has 0 unspecified atom stereocenters. The molecule has 17 nitrogen and oxygen atoms in total. The number of hydrogen-bond acceptors (Lipinski definition) is 9. The van der Waals surface area contributed by atoms with Gasteiger partial charge in [-0.1, -0.05) is 0 Å².